The zero-order valence-electron chi connectivity index (χ0n) is 11.4. The molecule has 0 saturated carbocycles. The van der Waals surface area contributed by atoms with Gasteiger partial charge in [-0.25, -0.2) is 0 Å². The zero-order valence-corrected chi connectivity index (χ0v) is 11.4. The first-order chi connectivity index (χ1) is 9.19. The second-order valence-electron chi connectivity index (χ2n) is 4.55. The van der Waals surface area contributed by atoms with E-state index in [0.29, 0.717) is 19.7 Å². The molecule has 0 spiro atoms. The fourth-order valence-corrected chi connectivity index (χ4v) is 2.35. The van der Waals surface area contributed by atoms with Gasteiger partial charge in [0.1, 0.15) is 11.8 Å². The summed E-state index contributed by atoms with van der Waals surface area (Å²) < 4.78 is 5.60. The van der Waals surface area contributed by atoms with Crippen LogP contribution in [0.4, 0.5) is 5.69 Å². The van der Waals surface area contributed by atoms with E-state index >= 15 is 0 Å². The van der Waals surface area contributed by atoms with Crippen molar-refractivity contribution in [3.05, 3.63) is 24.3 Å². The van der Waals surface area contributed by atoms with E-state index in [1.165, 1.54) is 0 Å². The van der Waals surface area contributed by atoms with Crippen LogP contribution in [0.5, 0.6) is 5.75 Å². The lowest BCUT2D eigenvalue weighted by atomic mass is 10.1. The van der Waals surface area contributed by atoms with Gasteiger partial charge < -0.3 is 19.6 Å². The van der Waals surface area contributed by atoms with E-state index in [1.54, 1.807) is 11.9 Å². The molecule has 1 unspecified atom stereocenters. The van der Waals surface area contributed by atoms with Crippen molar-refractivity contribution in [2.45, 2.75) is 13.0 Å². The molecule has 5 nitrogen and oxygen atoms in total. The van der Waals surface area contributed by atoms with Crippen molar-refractivity contribution in [2.75, 3.05) is 38.3 Å². The Balaban J connectivity index is 2.32. The maximum absolute atomic E-state index is 12.1. The quantitative estimate of drug-likeness (QED) is 0.871. The highest BCUT2D eigenvalue weighted by atomic mass is 16.5. The van der Waals surface area contributed by atoms with Crippen LogP contribution in [0, 0.1) is 0 Å². The number of piperazine rings is 1. The Bertz CT molecular complexity index is 450. The SMILES string of the molecule is CCOc1ccccc1N1CCN(C)C(=O)C1CO. The molecule has 1 amide bonds. The van der Waals surface area contributed by atoms with E-state index in [1.807, 2.05) is 36.1 Å². The minimum absolute atomic E-state index is 0.0555. The molecule has 0 bridgehead atoms. The van der Waals surface area contributed by atoms with Gasteiger partial charge in [0.15, 0.2) is 0 Å². The van der Waals surface area contributed by atoms with Crippen molar-refractivity contribution >= 4 is 11.6 Å². The molecule has 1 aliphatic rings. The van der Waals surface area contributed by atoms with E-state index in [2.05, 4.69) is 0 Å². The van der Waals surface area contributed by atoms with Gasteiger partial charge in [-0.3, -0.25) is 4.79 Å². The van der Waals surface area contributed by atoms with Crippen LogP contribution in [-0.2, 0) is 4.79 Å². The van der Waals surface area contributed by atoms with Crippen molar-refractivity contribution < 1.29 is 14.6 Å². The van der Waals surface area contributed by atoms with Crippen molar-refractivity contribution in [1.29, 1.82) is 0 Å². The van der Waals surface area contributed by atoms with E-state index in [0.717, 1.165) is 11.4 Å². The third-order valence-corrected chi connectivity index (χ3v) is 3.36. The third-order valence-electron chi connectivity index (χ3n) is 3.36. The first kappa shape index (κ1) is 13.7. The minimum Gasteiger partial charge on any atom is -0.492 e. The highest BCUT2D eigenvalue weighted by Crippen LogP contribution is 2.31. The monoisotopic (exact) mass is 264 g/mol. The second kappa shape index (κ2) is 5.93. The first-order valence-electron chi connectivity index (χ1n) is 6.53. The fraction of sp³-hybridized carbons (Fsp3) is 0.500. The number of ether oxygens (including phenoxy) is 1. The van der Waals surface area contributed by atoms with Crippen LogP contribution in [0.15, 0.2) is 24.3 Å². The number of carbonyl (C=O) groups is 1. The van der Waals surface area contributed by atoms with Gasteiger partial charge in [-0.2, -0.15) is 0 Å². The fourth-order valence-electron chi connectivity index (χ4n) is 2.35. The molecule has 1 aromatic carbocycles. The van der Waals surface area contributed by atoms with Gasteiger partial charge in [0.25, 0.3) is 0 Å². The summed E-state index contributed by atoms with van der Waals surface area (Å²) >= 11 is 0. The van der Waals surface area contributed by atoms with E-state index in [-0.39, 0.29) is 12.5 Å². The number of aliphatic hydroxyl groups excluding tert-OH is 1. The molecule has 5 heteroatoms. The summed E-state index contributed by atoms with van der Waals surface area (Å²) in [6.45, 7) is 3.65. The predicted octanol–water partition coefficient (Wildman–Crippen LogP) is 0.725. The lowest BCUT2D eigenvalue weighted by Crippen LogP contribution is -2.57. The molecule has 1 N–H and O–H groups in total. The summed E-state index contributed by atoms with van der Waals surface area (Å²) in [5.41, 5.74) is 0.866. The number of amides is 1. The number of carbonyl (C=O) groups excluding carboxylic acids is 1. The van der Waals surface area contributed by atoms with Crippen molar-refractivity contribution in [1.82, 2.24) is 4.90 Å². The topological polar surface area (TPSA) is 53.0 Å². The van der Waals surface area contributed by atoms with Gasteiger partial charge in [-0.1, -0.05) is 12.1 Å². The molecule has 1 aromatic rings. The molecule has 1 aliphatic heterocycles. The normalized spacial score (nSPS) is 19.7. The van der Waals surface area contributed by atoms with Crippen LogP contribution >= 0.6 is 0 Å². The molecule has 1 fully saturated rings. The Labute approximate surface area is 113 Å². The Morgan fingerprint density at radius 1 is 1.37 bits per heavy atom. The summed E-state index contributed by atoms with van der Waals surface area (Å²) in [5.74, 6) is 0.695. The minimum atomic E-state index is -0.527. The number of hydrogen-bond donors (Lipinski definition) is 1. The predicted molar refractivity (Wildman–Crippen MR) is 73.5 cm³/mol. The molecule has 2 rings (SSSR count). The van der Waals surface area contributed by atoms with E-state index < -0.39 is 6.04 Å². The number of hydrogen-bond acceptors (Lipinski definition) is 4. The number of anilines is 1. The zero-order chi connectivity index (χ0) is 13.8. The molecule has 1 atom stereocenters. The Morgan fingerprint density at radius 2 is 2.11 bits per heavy atom. The number of likely N-dealkylation sites (N-methyl/N-ethyl adjacent to an activating group) is 1. The highest BCUT2D eigenvalue weighted by Gasteiger charge is 2.33. The van der Waals surface area contributed by atoms with Crippen LogP contribution in [0.3, 0.4) is 0 Å². The Hall–Kier alpha value is -1.75. The molecule has 104 valence electrons. The maximum atomic E-state index is 12.1. The van der Waals surface area contributed by atoms with Crippen molar-refractivity contribution in [2.24, 2.45) is 0 Å². The van der Waals surface area contributed by atoms with Gasteiger partial charge in [-0.15, -0.1) is 0 Å². The molecular formula is C14H20N2O3. The summed E-state index contributed by atoms with van der Waals surface area (Å²) in [6.07, 6.45) is 0. The Morgan fingerprint density at radius 3 is 2.79 bits per heavy atom. The standard InChI is InChI=1S/C14H20N2O3/c1-3-19-13-7-5-4-6-11(13)16-9-8-15(2)14(18)12(16)10-17/h4-7,12,17H,3,8-10H2,1-2H3. The maximum Gasteiger partial charge on any atom is 0.247 e. The summed E-state index contributed by atoms with van der Waals surface area (Å²) in [7, 11) is 1.76. The number of rotatable bonds is 4. The lowest BCUT2D eigenvalue weighted by molar-refractivity contribution is -0.133. The van der Waals surface area contributed by atoms with Gasteiger partial charge in [0.05, 0.1) is 18.9 Å². The number of para-hydroxylation sites is 2. The molecular weight excluding hydrogens is 244 g/mol. The van der Waals surface area contributed by atoms with Crippen LogP contribution in [0.2, 0.25) is 0 Å². The van der Waals surface area contributed by atoms with Crippen LogP contribution in [-0.4, -0.2) is 55.3 Å². The number of nitrogens with zero attached hydrogens (tertiary/aromatic N) is 2. The van der Waals surface area contributed by atoms with Gasteiger partial charge >= 0.3 is 0 Å². The van der Waals surface area contributed by atoms with Crippen LogP contribution in [0.1, 0.15) is 6.92 Å². The van der Waals surface area contributed by atoms with Crippen LogP contribution < -0.4 is 9.64 Å². The first-order valence-corrected chi connectivity index (χ1v) is 6.53. The number of benzene rings is 1. The molecule has 0 aromatic heterocycles. The molecule has 1 saturated heterocycles. The molecule has 1 heterocycles. The summed E-state index contributed by atoms with van der Waals surface area (Å²) in [5, 5.41) is 9.50. The second-order valence-corrected chi connectivity index (χ2v) is 4.55. The molecule has 0 radical (unpaired) electrons. The van der Waals surface area contributed by atoms with Crippen molar-refractivity contribution in [3.63, 3.8) is 0 Å². The van der Waals surface area contributed by atoms with Crippen LogP contribution in [0.25, 0.3) is 0 Å². The molecule has 0 aliphatic carbocycles. The van der Waals surface area contributed by atoms with Gasteiger partial charge in [-0.05, 0) is 19.1 Å². The van der Waals surface area contributed by atoms with Crippen molar-refractivity contribution in [3.8, 4) is 5.75 Å². The largest absolute Gasteiger partial charge is 0.492 e. The Kier molecular flexibility index (Phi) is 4.27. The van der Waals surface area contributed by atoms with Gasteiger partial charge in [0, 0.05) is 20.1 Å². The average Bonchev–Trinajstić information content (AvgIpc) is 2.43. The van der Waals surface area contributed by atoms with Gasteiger partial charge in [0.2, 0.25) is 5.91 Å². The molecule has 19 heavy (non-hydrogen) atoms. The summed E-state index contributed by atoms with van der Waals surface area (Å²) in [4.78, 5) is 15.7. The lowest BCUT2D eigenvalue weighted by Gasteiger charge is -2.40. The summed E-state index contributed by atoms with van der Waals surface area (Å²) in [6, 6.07) is 7.10. The third kappa shape index (κ3) is 2.66. The average molecular weight is 264 g/mol. The highest BCUT2D eigenvalue weighted by molar-refractivity contribution is 5.87. The number of aliphatic hydroxyl groups is 1. The smallest absolute Gasteiger partial charge is 0.247 e. The van der Waals surface area contributed by atoms with E-state index in [9.17, 15) is 9.90 Å². The van der Waals surface area contributed by atoms with E-state index in [4.69, 9.17) is 4.74 Å².